The van der Waals surface area contributed by atoms with Gasteiger partial charge in [-0.15, -0.1) is 0 Å². The standard InChI is InChI=1S/C31H34N2O7S/c1-4-5-20-6-11-25-23(18-20)8-7-22-10-13-28(40-41(35,36)37)32-30(22)29(25)21-14-16-33(17-15-21)31(34)24-9-12-26(38-2)27(19-24)39-3/h6,9-13,18-19H,4-5,7-8,14-17H2,1-3H3,(H,35,36,37). The van der Waals surface area contributed by atoms with E-state index in [0.29, 0.717) is 48.7 Å². The maximum atomic E-state index is 13.4. The Kier molecular flexibility index (Phi) is 8.32. The Morgan fingerprint density at radius 3 is 2.34 bits per heavy atom. The van der Waals surface area contributed by atoms with E-state index in [9.17, 15) is 17.8 Å². The van der Waals surface area contributed by atoms with E-state index in [1.165, 1.54) is 17.2 Å². The molecule has 0 unspecified atom stereocenters. The number of hydrogen-bond acceptors (Lipinski definition) is 7. The normalized spacial score (nSPS) is 15.1. The van der Waals surface area contributed by atoms with E-state index in [2.05, 4.69) is 30.1 Å². The Labute approximate surface area is 240 Å². The molecule has 10 heteroatoms. The third kappa shape index (κ3) is 6.23. The van der Waals surface area contributed by atoms with Crippen molar-refractivity contribution in [2.24, 2.45) is 0 Å². The first-order chi connectivity index (χ1) is 19.7. The van der Waals surface area contributed by atoms with E-state index < -0.39 is 10.4 Å². The molecule has 0 radical (unpaired) electrons. The minimum atomic E-state index is -4.72. The van der Waals surface area contributed by atoms with Gasteiger partial charge in [0, 0.05) is 30.3 Å². The topological polar surface area (TPSA) is 115 Å². The summed E-state index contributed by atoms with van der Waals surface area (Å²) in [7, 11) is -1.62. The van der Waals surface area contributed by atoms with Crippen molar-refractivity contribution in [3.63, 3.8) is 0 Å². The molecule has 1 saturated heterocycles. The van der Waals surface area contributed by atoms with Gasteiger partial charge in [-0.25, -0.2) is 4.98 Å². The van der Waals surface area contributed by atoms with Crippen LogP contribution < -0.4 is 13.7 Å². The summed E-state index contributed by atoms with van der Waals surface area (Å²) in [5.41, 5.74) is 7.82. The largest absolute Gasteiger partial charge is 0.493 e. The number of methoxy groups -OCH3 is 2. The van der Waals surface area contributed by atoms with Gasteiger partial charge in [0.2, 0.25) is 5.88 Å². The van der Waals surface area contributed by atoms with Crippen LogP contribution in [0.2, 0.25) is 0 Å². The molecule has 9 nitrogen and oxygen atoms in total. The number of aromatic nitrogens is 1. The van der Waals surface area contributed by atoms with Crippen LogP contribution in [0.25, 0.3) is 5.57 Å². The molecule has 1 aliphatic carbocycles. The molecule has 41 heavy (non-hydrogen) atoms. The van der Waals surface area contributed by atoms with Gasteiger partial charge in [-0.05, 0) is 72.6 Å². The fourth-order valence-electron chi connectivity index (χ4n) is 5.72. The van der Waals surface area contributed by atoms with Crippen LogP contribution in [-0.4, -0.2) is 56.1 Å². The number of pyridine rings is 1. The average Bonchev–Trinajstić information content (AvgIpc) is 3.12. The van der Waals surface area contributed by atoms with Gasteiger partial charge in [0.1, 0.15) is 0 Å². The molecule has 0 atom stereocenters. The van der Waals surface area contributed by atoms with E-state index in [1.54, 1.807) is 32.4 Å². The van der Waals surface area contributed by atoms with E-state index >= 15 is 0 Å². The van der Waals surface area contributed by atoms with Crippen LogP contribution >= 0.6 is 0 Å². The van der Waals surface area contributed by atoms with Crippen LogP contribution in [-0.2, 0) is 29.7 Å². The van der Waals surface area contributed by atoms with Gasteiger partial charge in [-0.3, -0.25) is 9.35 Å². The SMILES string of the molecule is CCCc1ccc2c(c1)CCc1ccc(OS(=O)(=O)O)nc1C2=C1CCN(C(=O)c2ccc(OC)c(OC)c2)CC1. The van der Waals surface area contributed by atoms with Crippen molar-refractivity contribution in [3.8, 4) is 17.4 Å². The summed E-state index contributed by atoms with van der Waals surface area (Å²) in [6, 6.07) is 15.0. The number of nitrogens with zero attached hydrogens (tertiary/aromatic N) is 2. The first-order valence-corrected chi connectivity index (χ1v) is 15.1. The average molecular weight is 579 g/mol. The van der Waals surface area contributed by atoms with Gasteiger partial charge >= 0.3 is 10.4 Å². The lowest BCUT2D eigenvalue weighted by molar-refractivity contribution is 0.0743. The molecule has 0 spiro atoms. The summed E-state index contributed by atoms with van der Waals surface area (Å²) in [6.07, 6.45) is 4.86. The van der Waals surface area contributed by atoms with Gasteiger partial charge in [0.15, 0.2) is 11.5 Å². The van der Waals surface area contributed by atoms with Gasteiger partial charge in [-0.1, -0.05) is 43.2 Å². The number of carbonyl (C=O) groups is 1. The zero-order valence-electron chi connectivity index (χ0n) is 23.5. The van der Waals surface area contributed by atoms with Gasteiger partial charge in [-0.2, -0.15) is 8.42 Å². The highest BCUT2D eigenvalue weighted by Crippen LogP contribution is 2.39. The van der Waals surface area contributed by atoms with Crippen molar-refractivity contribution in [2.75, 3.05) is 27.3 Å². The number of likely N-dealkylation sites (tertiary alicyclic amines) is 1. The van der Waals surface area contributed by atoms with Crippen LogP contribution in [0.4, 0.5) is 0 Å². The second kappa shape index (κ2) is 11.9. The molecule has 0 bridgehead atoms. The molecule has 2 heterocycles. The predicted octanol–water partition coefficient (Wildman–Crippen LogP) is 5.07. The van der Waals surface area contributed by atoms with Crippen molar-refractivity contribution in [1.29, 1.82) is 0 Å². The summed E-state index contributed by atoms with van der Waals surface area (Å²) >= 11 is 0. The minimum Gasteiger partial charge on any atom is -0.493 e. The molecule has 2 aromatic carbocycles. The number of benzene rings is 2. The quantitative estimate of drug-likeness (QED) is 0.387. The lowest BCUT2D eigenvalue weighted by atomic mass is 9.87. The molecule has 1 amide bonds. The van der Waals surface area contributed by atoms with Crippen molar-refractivity contribution in [2.45, 2.75) is 45.4 Å². The van der Waals surface area contributed by atoms with E-state index in [1.807, 2.05) is 11.0 Å². The smallest absolute Gasteiger partial charge is 0.447 e. The molecule has 2 aliphatic rings. The van der Waals surface area contributed by atoms with E-state index in [4.69, 9.17) is 13.7 Å². The Morgan fingerprint density at radius 1 is 0.927 bits per heavy atom. The monoisotopic (exact) mass is 578 g/mol. The lowest BCUT2D eigenvalue weighted by Gasteiger charge is -2.30. The molecular formula is C31H34N2O7S. The third-order valence-corrected chi connectivity index (χ3v) is 8.04. The Bertz CT molecular complexity index is 1600. The second-order valence-corrected chi connectivity index (χ2v) is 11.3. The zero-order chi connectivity index (χ0) is 29.1. The number of carbonyl (C=O) groups excluding carboxylic acids is 1. The summed E-state index contributed by atoms with van der Waals surface area (Å²) < 4.78 is 47.6. The van der Waals surface area contributed by atoms with Crippen LogP contribution in [0, 0.1) is 0 Å². The van der Waals surface area contributed by atoms with Crippen molar-refractivity contribution < 1.29 is 31.4 Å². The molecule has 1 N–H and O–H groups in total. The number of ether oxygens (including phenoxy) is 2. The molecule has 1 fully saturated rings. The molecular weight excluding hydrogens is 544 g/mol. The summed E-state index contributed by atoms with van der Waals surface area (Å²) in [5.74, 6) is 0.799. The molecule has 5 rings (SSSR count). The molecule has 216 valence electrons. The van der Waals surface area contributed by atoms with Gasteiger partial charge < -0.3 is 18.6 Å². The first-order valence-electron chi connectivity index (χ1n) is 13.7. The van der Waals surface area contributed by atoms with Crippen LogP contribution in [0.15, 0.2) is 54.1 Å². The summed E-state index contributed by atoms with van der Waals surface area (Å²) in [5, 5.41) is 0. The Morgan fingerprint density at radius 2 is 1.66 bits per heavy atom. The second-order valence-electron chi connectivity index (χ2n) is 10.3. The molecule has 1 aromatic heterocycles. The van der Waals surface area contributed by atoms with Crippen molar-refractivity contribution >= 4 is 21.9 Å². The number of rotatable bonds is 7. The van der Waals surface area contributed by atoms with Crippen molar-refractivity contribution in [3.05, 3.63) is 87.6 Å². The van der Waals surface area contributed by atoms with E-state index in [0.717, 1.165) is 48.0 Å². The van der Waals surface area contributed by atoms with E-state index in [-0.39, 0.29) is 11.8 Å². The fraction of sp³-hybridized carbons (Fsp3) is 0.355. The lowest BCUT2D eigenvalue weighted by Crippen LogP contribution is -2.36. The summed E-state index contributed by atoms with van der Waals surface area (Å²) in [6.45, 7) is 3.20. The van der Waals surface area contributed by atoms with Crippen molar-refractivity contribution in [1.82, 2.24) is 9.88 Å². The highest BCUT2D eigenvalue weighted by molar-refractivity contribution is 7.81. The maximum absolute atomic E-state index is 13.4. The fourth-order valence-corrected chi connectivity index (χ4v) is 6.03. The molecule has 3 aromatic rings. The number of fused-ring (bicyclic) bond motifs is 2. The number of aryl methyl sites for hydroxylation is 3. The Hall–Kier alpha value is -3.89. The first kappa shape index (κ1) is 28.6. The number of hydrogen-bond donors (Lipinski definition) is 1. The maximum Gasteiger partial charge on any atom is 0.447 e. The number of piperidine rings is 1. The van der Waals surface area contributed by atoms with Crippen LogP contribution in [0.5, 0.6) is 17.4 Å². The summed E-state index contributed by atoms with van der Waals surface area (Å²) in [4.78, 5) is 19.8. The third-order valence-electron chi connectivity index (χ3n) is 7.66. The Balaban J connectivity index is 1.51. The zero-order valence-corrected chi connectivity index (χ0v) is 24.3. The molecule has 1 aliphatic heterocycles. The highest BCUT2D eigenvalue weighted by Gasteiger charge is 2.28. The van der Waals surface area contributed by atoms with Crippen LogP contribution in [0.3, 0.4) is 0 Å². The highest BCUT2D eigenvalue weighted by atomic mass is 32.3. The van der Waals surface area contributed by atoms with Crippen LogP contribution in [0.1, 0.15) is 64.5 Å². The van der Waals surface area contributed by atoms with Gasteiger partial charge in [0.05, 0.1) is 19.9 Å². The van der Waals surface area contributed by atoms with Gasteiger partial charge in [0.25, 0.3) is 5.91 Å². The molecule has 0 saturated carbocycles. The predicted molar refractivity (Wildman–Crippen MR) is 155 cm³/mol. The minimum absolute atomic E-state index is 0.0807. The number of amides is 1.